The van der Waals surface area contributed by atoms with E-state index in [1.54, 1.807) is 6.92 Å². The third kappa shape index (κ3) is 2.12. The first-order chi connectivity index (χ1) is 6.06. The van der Waals surface area contributed by atoms with E-state index in [4.69, 9.17) is 0 Å². The lowest BCUT2D eigenvalue weighted by Gasteiger charge is -2.01. The van der Waals surface area contributed by atoms with Gasteiger partial charge in [-0.3, -0.25) is 4.79 Å². The average Bonchev–Trinajstić information content (AvgIpc) is 2.12. The quantitative estimate of drug-likeness (QED) is 0.580. The standard InChI is InChI=1S/C9H7BrF2O/c1-2-8(13)5-3-6(11)9(10)7(12)4-5/h3-4H,2H2,1H3. The van der Waals surface area contributed by atoms with Crippen molar-refractivity contribution >= 4 is 21.7 Å². The summed E-state index contributed by atoms with van der Waals surface area (Å²) in [6.07, 6.45) is 0.237. The first-order valence-electron chi connectivity index (χ1n) is 3.74. The number of rotatable bonds is 2. The van der Waals surface area contributed by atoms with Gasteiger partial charge >= 0.3 is 0 Å². The molecule has 1 aromatic carbocycles. The Kier molecular flexibility index (Phi) is 3.14. The minimum atomic E-state index is -0.753. The summed E-state index contributed by atoms with van der Waals surface area (Å²) in [5.74, 6) is -1.78. The summed E-state index contributed by atoms with van der Waals surface area (Å²) in [5.41, 5.74) is 0.0701. The van der Waals surface area contributed by atoms with Gasteiger partial charge in [0.1, 0.15) is 11.6 Å². The molecule has 0 bridgehead atoms. The molecule has 0 heterocycles. The summed E-state index contributed by atoms with van der Waals surface area (Å²) >= 11 is 2.72. The maximum Gasteiger partial charge on any atom is 0.162 e. The summed E-state index contributed by atoms with van der Waals surface area (Å²) < 4.78 is 25.6. The highest BCUT2D eigenvalue weighted by atomic mass is 79.9. The average molecular weight is 249 g/mol. The zero-order valence-electron chi connectivity index (χ0n) is 6.90. The molecule has 0 aliphatic rings. The molecule has 1 nitrogen and oxygen atoms in total. The zero-order chi connectivity index (χ0) is 10.0. The molecule has 13 heavy (non-hydrogen) atoms. The van der Waals surface area contributed by atoms with Crippen LogP contribution in [0.3, 0.4) is 0 Å². The van der Waals surface area contributed by atoms with Crippen molar-refractivity contribution in [3.05, 3.63) is 33.8 Å². The number of hydrogen-bond donors (Lipinski definition) is 0. The van der Waals surface area contributed by atoms with Crippen LogP contribution in [0.25, 0.3) is 0 Å². The maximum atomic E-state index is 12.9. The fourth-order valence-corrected chi connectivity index (χ4v) is 1.15. The molecule has 0 aliphatic carbocycles. The second-order valence-corrected chi connectivity index (χ2v) is 3.32. The fourth-order valence-electron chi connectivity index (χ4n) is 0.921. The van der Waals surface area contributed by atoms with Crippen LogP contribution in [-0.4, -0.2) is 5.78 Å². The molecular weight excluding hydrogens is 242 g/mol. The predicted octanol–water partition coefficient (Wildman–Crippen LogP) is 3.32. The van der Waals surface area contributed by atoms with Crippen molar-refractivity contribution in [3.8, 4) is 0 Å². The molecule has 70 valence electrons. The molecule has 0 N–H and O–H groups in total. The van der Waals surface area contributed by atoms with Gasteiger partial charge in [0.05, 0.1) is 4.47 Å². The smallest absolute Gasteiger partial charge is 0.162 e. The summed E-state index contributed by atoms with van der Waals surface area (Å²) in [6, 6.07) is 2.05. The Morgan fingerprint density at radius 1 is 1.38 bits per heavy atom. The van der Waals surface area contributed by atoms with Crippen LogP contribution >= 0.6 is 15.9 Å². The van der Waals surface area contributed by atoms with Crippen molar-refractivity contribution in [3.63, 3.8) is 0 Å². The highest BCUT2D eigenvalue weighted by Crippen LogP contribution is 2.21. The van der Waals surface area contributed by atoms with Crippen molar-refractivity contribution in [1.82, 2.24) is 0 Å². The van der Waals surface area contributed by atoms with Gasteiger partial charge in [-0.2, -0.15) is 0 Å². The SMILES string of the molecule is CCC(=O)c1cc(F)c(Br)c(F)c1. The van der Waals surface area contributed by atoms with Crippen LogP contribution in [0.2, 0.25) is 0 Å². The van der Waals surface area contributed by atoms with Crippen molar-refractivity contribution in [2.24, 2.45) is 0 Å². The third-order valence-electron chi connectivity index (χ3n) is 1.63. The molecule has 0 fully saturated rings. The Hall–Kier alpha value is -0.770. The first kappa shape index (κ1) is 10.3. The lowest BCUT2D eigenvalue weighted by atomic mass is 10.1. The van der Waals surface area contributed by atoms with E-state index in [1.165, 1.54) is 0 Å². The number of halogens is 3. The number of ketones is 1. The molecule has 0 amide bonds. The Bertz CT molecular complexity index is 326. The van der Waals surface area contributed by atoms with Crippen LogP contribution in [0.15, 0.2) is 16.6 Å². The molecule has 1 aromatic rings. The minimum Gasteiger partial charge on any atom is -0.294 e. The summed E-state index contributed by atoms with van der Waals surface area (Å²) in [5, 5.41) is 0. The van der Waals surface area contributed by atoms with Gasteiger partial charge in [-0.25, -0.2) is 8.78 Å². The lowest BCUT2D eigenvalue weighted by Crippen LogP contribution is -1.99. The monoisotopic (exact) mass is 248 g/mol. The van der Waals surface area contributed by atoms with Crippen LogP contribution in [0.5, 0.6) is 0 Å². The van der Waals surface area contributed by atoms with Gasteiger partial charge in [-0.05, 0) is 28.1 Å². The van der Waals surface area contributed by atoms with Crippen LogP contribution in [0, 0.1) is 11.6 Å². The van der Waals surface area contributed by atoms with Crippen molar-refractivity contribution in [1.29, 1.82) is 0 Å². The number of hydrogen-bond acceptors (Lipinski definition) is 1. The molecule has 0 spiro atoms. The van der Waals surface area contributed by atoms with E-state index in [9.17, 15) is 13.6 Å². The van der Waals surface area contributed by atoms with Crippen LogP contribution in [-0.2, 0) is 0 Å². The molecule has 0 aromatic heterocycles. The van der Waals surface area contributed by atoms with Gasteiger partial charge in [0.2, 0.25) is 0 Å². The Morgan fingerprint density at radius 2 is 1.85 bits per heavy atom. The molecule has 1 rings (SSSR count). The Morgan fingerprint density at radius 3 is 2.23 bits per heavy atom. The molecule has 0 saturated heterocycles. The Balaban J connectivity index is 3.20. The van der Waals surface area contributed by atoms with Crippen molar-refractivity contribution < 1.29 is 13.6 Å². The van der Waals surface area contributed by atoms with Crippen LogP contribution < -0.4 is 0 Å². The second kappa shape index (κ2) is 3.96. The highest BCUT2D eigenvalue weighted by molar-refractivity contribution is 9.10. The summed E-state index contributed by atoms with van der Waals surface area (Å²) in [7, 11) is 0. The molecular formula is C9H7BrF2O. The second-order valence-electron chi connectivity index (χ2n) is 2.53. The third-order valence-corrected chi connectivity index (χ3v) is 2.38. The van der Waals surface area contributed by atoms with Gasteiger partial charge in [-0.1, -0.05) is 6.92 Å². The van der Waals surface area contributed by atoms with Crippen LogP contribution in [0.4, 0.5) is 8.78 Å². The maximum absolute atomic E-state index is 12.9. The van der Waals surface area contributed by atoms with E-state index in [-0.39, 0.29) is 22.2 Å². The minimum absolute atomic E-state index is 0.0701. The molecule has 0 atom stereocenters. The molecule has 0 aliphatic heterocycles. The highest BCUT2D eigenvalue weighted by Gasteiger charge is 2.11. The lowest BCUT2D eigenvalue weighted by molar-refractivity contribution is 0.0987. The Labute approximate surface area is 82.9 Å². The number of carbonyl (C=O) groups is 1. The number of benzene rings is 1. The van der Waals surface area contributed by atoms with E-state index in [2.05, 4.69) is 15.9 Å². The topological polar surface area (TPSA) is 17.1 Å². The van der Waals surface area contributed by atoms with E-state index >= 15 is 0 Å². The van der Waals surface area contributed by atoms with Crippen molar-refractivity contribution in [2.75, 3.05) is 0 Å². The summed E-state index contributed by atoms with van der Waals surface area (Å²) in [4.78, 5) is 11.1. The predicted molar refractivity (Wildman–Crippen MR) is 48.7 cm³/mol. The van der Waals surface area contributed by atoms with Gasteiger partial charge in [0, 0.05) is 12.0 Å². The largest absolute Gasteiger partial charge is 0.294 e. The molecule has 0 radical (unpaired) electrons. The van der Waals surface area contributed by atoms with E-state index in [0.29, 0.717) is 0 Å². The van der Waals surface area contributed by atoms with E-state index in [1.807, 2.05) is 0 Å². The number of Topliss-reactive ketones (excluding diaryl/α,β-unsaturated/α-hetero) is 1. The summed E-state index contributed by atoms with van der Waals surface area (Å²) in [6.45, 7) is 1.64. The van der Waals surface area contributed by atoms with Crippen LogP contribution in [0.1, 0.15) is 23.7 Å². The van der Waals surface area contributed by atoms with Gasteiger partial charge < -0.3 is 0 Å². The van der Waals surface area contributed by atoms with Gasteiger partial charge in [-0.15, -0.1) is 0 Å². The first-order valence-corrected chi connectivity index (χ1v) is 4.53. The number of carbonyl (C=O) groups excluding carboxylic acids is 1. The fraction of sp³-hybridized carbons (Fsp3) is 0.222. The van der Waals surface area contributed by atoms with E-state index < -0.39 is 11.6 Å². The zero-order valence-corrected chi connectivity index (χ0v) is 8.49. The molecule has 0 saturated carbocycles. The van der Waals surface area contributed by atoms with Gasteiger partial charge in [0.25, 0.3) is 0 Å². The molecule has 4 heteroatoms. The molecule has 0 unspecified atom stereocenters. The van der Waals surface area contributed by atoms with Gasteiger partial charge in [0.15, 0.2) is 5.78 Å². The van der Waals surface area contributed by atoms with E-state index in [0.717, 1.165) is 12.1 Å². The normalized spacial score (nSPS) is 10.2. The van der Waals surface area contributed by atoms with Crippen molar-refractivity contribution in [2.45, 2.75) is 13.3 Å².